The van der Waals surface area contributed by atoms with Crippen LogP contribution in [0.25, 0.3) is 0 Å². The fourth-order valence-corrected chi connectivity index (χ4v) is 5.72. The van der Waals surface area contributed by atoms with Crippen molar-refractivity contribution >= 4 is 5.78 Å². The number of piperidine rings is 1. The molecule has 0 amide bonds. The first-order chi connectivity index (χ1) is 12.0. The zero-order chi connectivity index (χ0) is 17.2. The number of fused-ring (bicyclic) bond motifs is 1. The van der Waals surface area contributed by atoms with Gasteiger partial charge in [-0.05, 0) is 73.6 Å². The number of benzene rings is 1. The van der Waals surface area contributed by atoms with Crippen LogP contribution >= 0.6 is 0 Å². The average Bonchev–Trinajstić information content (AvgIpc) is 2.54. The monoisotopic (exact) mass is 339 g/mol. The van der Waals surface area contributed by atoms with Crippen molar-refractivity contribution in [1.82, 2.24) is 4.90 Å². The smallest absolute Gasteiger partial charge is 0.156 e. The third-order valence-electron chi connectivity index (χ3n) is 7.28. The molecule has 4 nitrogen and oxygen atoms in total. The van der Waals surface area contributed by atoms with Crippen LogP contribution in [0.1, 0.15) is 43.2 Å². The lowest BCUT2D eigenvalue weighted by molar-refractivity contribution is -0.140. The van der Waals surface area contributed by atoms with Gasteiger partial charge in [-0.15, -0.1) is 0 Å². The molecule has 4 heteroatoms. The second-order valence-corrected chi connectivity index (χ2v) is 8.49. The Balaban J connectivity index is 1.64. The minimum Gasteiger partial charge on any atom is -0.508 e. The standard InChI is InChI=1S/C21H25NO3/c23-16-5-4-15-10-19-21(25)7-6-17(24)12-20(21,18(15)11-16)8-9-22(19)13-14-2-1-3-14/h4-7,11,14,19,23,25H,1-3,8-10,12-13H2/t19-,20+,21+/m0/s1. The second kappa shape index (κ2) is 5.18. The topological polar surface area (TPSA) is 60.8 Å². The van der Waals surface area contributed by atoms with Crippen LogP contribution in [0.5, 0.6) is 5.75 Å². The summed E-state index contributed by atoms with van der Waals surface area (Å²) < 4.78 is 0. The molecule has 0 unspecified atom stereocenters. The molecule has 4 aliphatic rings. The summed E-state index contributed by atoms with van der Waals surface area (Å²) in [7, 11) is 0. The van der Waals surface area contributed by atoms with Gasteiger partial charge >= 0.3 is 0 Å². The van der Waals surface area contributed by atoms with Crippen LogP contribution in [0.4, 0.5) is 0 Å². The Bertz CT molecular complexity index is 768. The first-order valence-corrected chi connectivity index (χ1v) is 9.53. The zero-order valence-electron chi connectivity index (χ0n) is 14.4. The quantitative estimate of drug-likeness (QED) is 0.868. The number of aromatic hydroxyl groups is 1. The number of hydrogen-bond acceptors (Lipinski definition) is 4. The van der Waals surface area contributed by atoms with Gasteiger partial charge in [0.15, 0.2) is 5.78 Å². The van der Waals surface area contributed by atoms with Gasteiger partial charge in [-0.3, -0.25) is 9.69 Å². The molecule has 1 aliphatic heterocycles. The van der Waals surface area contributed by atoms with Gasteiger partial charge in [0, 0.05) is 24.4 Å². The molecule has 1 aromatic rings. The van der Waals surface area contributed by atoms with Crippen LogP contribution < -0.4 is 0 Å². The molecule has 1 saturated carbocycles. The molecule has 1 aromatic carbocycles. The van der Waals surface area contributed by atoms with Crippen molar-refractivity contribution in [2.24, 2.45) is 5.92 Å². The molecule has 5 rings (SSSR count). The predicted octanol–water partition coefficient (Wildman–Crippen LogP) is 2.32. The number of phenolic OH excluding ortho intramolecular Hbond substituents is 1. The fraction of sp³-hybridized carbons (Fsp3) is 0.571. The summed E-state index contributed by atoms with van der Waals surface area (Å²) in [4.78, 5) is 14.8. The van der Waals surface area contributed by atoms with Gasteiger partial charge in [-0.25, -0.2) is 0 Å². The van der Waals surface area contributed by atoms with E-state index in [2.05, 4.69) is 4.90 Å². The van der Waals surface area contributed by atoms with Crippen molar-refractivity contribution in [1.29, 1.82) is 0 Å². The van der Waals surface area contributed by atoms with Crippen LogP contribution in [0, 0.1) is 5.92 Å². The number of nitrogens with zero attached hydrogens (tertiary/aromatic N) is 1. The average molecular weight is 339 g/mol. The molecule has 1 heterocycles. The van der Waals surface area contributed by atoms with Crippen LogP contribution in [0.2, 0.25) is 0 Å². The molecule has 1 saturated heterocycles. The highest BCUT2D eigenvalue weighted by Gasteiger charge is 2.63. The van der Waals surface area contributed by atoms with Gasteiger partial charge in [-0.2, -0.15) is 0 Å². The van der Waals surface area contributed by atoms with E-state index in [0.29, 0.717) is 6.42 Å². The number of likely N-dealkylation sites (tertiary alicyclic amines) is 1. The van der Waals surface area contributed by atoms with E-state index in [1.807, 2.05) is 6.07 Å². The zero-order valence-corrected chi connectivity index (χ0v) is 14.4. The number of carbonyl (C=O) groups is 1. The highest BCUT2D eigenvalue weighted by atomic mass is 16.3. The van der Waals surface area contributed by atoms with E-state index < -0.39 is 11.0 Å². The molecular weight excluding hydrogens is 314 g/mol. The molecule has 2 bridgehead atoms. The van der Waals surface area contributed by atoms with Crippen LogP contribution in [-0.4, -0.2) is 45.6 Å². The summed E-state index contributed by atoms with van der Waals surface area (Å²) in [5.74, 6) is 1.05. The van der Waals surface area contributed by atoms with E-state index in [-0.39, 0.29) is 17.6 Å². The van der Waals surface area contributed by atoms with E-state index in [0.717, 1.165) is 37.4 Å². The minimum atomic E-state index is -1.02. The van der Waals surface area contributed by atoms with Gasteiger partial charge in [0.25, 0.3) is 0 Å². The van der Waals surface area contributed by atoms with Gasteiger partial charge in [-0.1, -0.05) is 12.5 Å². The van der Waals surface area contributed by atoms with Crippen molar-refractivity contribution in [2.45, 2.75) is 55.6 Å². The Morgan fingerprint density at radius 3 is 2.88 bits per heavy atom. The van der Waals surface area contributed by atoms with Crippen molar-refractivity contribution in [3.63, 3.8) is 0 Å². The number of phenols is 1. The Morgan fingerprint density at radius 1 is 1.28 bits per heavy atom. The first-order valence-electron chi connectivity index (χ1n) is 9.53. The molecule has 2 fully saturated rings. The van der Waals surface area contributed by atoms with Crippen molar-refractivity contribution < 1.29 is 15.0 Å². The van der Waals surface area contributed by atoms with Crippen molar-refractivity contribution in [2.75, 3.05) is 13.1 Å². The lowest BCUT2D eigenvalue weighted by atomic mass is 9.51. The van der Waals surface area contributed by atoms with Gasteiger partial charge in [0.2, 0.25) is 0 Å². The van der Waals surface area contributed by atoms with Crippen LogP contribution in [0.3, 0.4) is 0 Å². The SMILES string of the molecule is O=C1C=C[C@@]2(O)[C@@H]3Cc4ccc(O)cc4[C@@]2(CCN3CC2CCC2)C1. The van der Waals surface area contributed by atoms with E-state index in [9.17, 15) is 15.0 Å². The third kappa shape index (κ3) is 2.04. The Kier molecular flexibility index (Phi) is 3.23. The van der Waals surface area contributed by atoms with Gasteiger partial charge in [0.1, 0.15) is 11.4 Å². The number of carbonyl (C=O) groups excluding carboxylic acids is 1. The Hall–Kier alpha value is -1.65. The van der Waals surface area contributed by atoms with Crippen LogP contribution in [0.15, 0.2) is 30.4 Å². The molecule has 3 atom stereocenters. The Morgan fingerprint density at radius 2 is 2.12 bits per heavy atom. The third-order valence-corrected chi connectivity index (χ3v) is 7.28. The van der Waals surface area contributed by atoms with Crippen molar-refractivity contribution in [3.8, 4) is 5.75 Å². The number of hydrogen-bond donors (Lipinski definition) is 2. The number of aliphatic hydroxyl groups is 1. The van der Waals surface area contributed by atoms with Crippen LogP contribution in [-0.2, 0) is 16.6 Å². The highest BCUT2D eigenvalue weighted by molar-refractivity contribution is 5.93. The number of ketones is 1. The summed E-state index contributed by atoms with van der Waals surface area (Å²) in [6, 6.07) is 5.51. The predicted molar refractivity (Wildman–Crippen MR) is 94.5 cm³/mol. The molecule has 0 spiro atoms. The van der Waals surface area contributed by atoms with E-state index in [4.69, 9.17) is 0 Å². The normalized spacial score (nSPS) is 37.3. The number of allylic oxidation sites excluding steroid dienone is 1. The minimum absolute atomic E-state index is 0.0169. The fourth-order valence-electron chi connectivity index (χ4n) is 5.72. The van der Waals surface area contributed by atoms with Gasteiger partial charge < -0.3 is 10.2 Å². The first kappa shape index (κ1) is 15.6. The van der Waals surface area contributed by atoms with Crippen molar-refractivity contribution in [3.05, 3.63) is 41.5 Å². The van der Waals surface area contributed by atoms with E-state index in [1.165, 1.54) is 24.8 Å². The van der Waals surface area contributed by atoms with Gasteiger partial charge in [0.05, 0.1) is 0 Å². The molecule has 3 aliphatic carbocycles. The molecular formula is C21H25NO3. The lowest BCUT2D eigenvalue weighted by Crippen LogP contribution is -2.72. The largest absolute Gasteiger partial charge is 0.508 e. The maximum atomic E-state index is 12.3. The summed E-state index contributed by atoms with van der Waals surface area (Å²) in [6.45, 7) is 1.97. The highest BCUT2D eigenvalue weighted by Crippen LogP contribution is 2.56. The molecule has 0 aromatic heterocycles. The van der Waals surface area contributed by atoms with E-state index >= 15 is 0 Å². The summed E-state index contributed by atoms with van der Waals surface area (Å²) >= 11 is 0. The summed E-state index contributed by atoms with van der Waals surface area (Å²) in [5, 5.41) is 21.9. The number of rotatable bonds is 2. The molecule has 132 valence electrons. The maximum Gasteiger partial charge on any atom is 0.156 e. The summed E-state index contributed by atoms with van der Waals surface area (Å²) in [6.07, 6.45) is 9.14. The maximum absolute atomic E-state index is 12.3. The second-order valence-electron chi connectivity index (χ2n) is 8.49. The molecule has 25 heavy (non-hydrogen) atoms. The molecule has 2 N–H and O–H groups in total. The lowest BCUT2D eigenvalue weighted by Gasteiger charge is -2.62. The Labute approximate surface area is 148 Å². The summed E-state index contributed by atoms with van der Waals surface area (Å²) in [5.41, 5.74) is 0.538. The van der Waals surface area contributed by atoms with E-state index in [1.54, 1.807) is 24.3 Å². The molecule has 0 radical (unpaired) electrons.